The number of nitrogens with zero attached hydrogens (tertiary/aromatic N) is 1. The molecular formula is C20H18N2OS. The maximum Gasteiger partial charge on any atom is 0.265 e. The lowest BCUT2D eigenvalue weighted by Gasteiger charge is -2.30. The third-order valence-electron chi connectivity index (χ3n) is 4.37. The highest BCUT2D eigenvalue weighted by Gasteiger charge is 2.16. The van der Waals surface area contributed by atoms with Crippen molar-refractivity contribution in [2.45, 2.75) is 13.0 Å². The van der Waals surface area contributed by atoms with Gasteiger partial charge in [0.2, 0.25) is 0 Å². The summed E-state index contributed by atoms with van der Waals surface area (Å²) >= 11 is 1.45. The van der Waals surface area contributed by atoms with Crippen molar-refractivity contribution in [1.29, 1.82) is 0 Å². The minimum atomic E-state index is -0.0513. The van der Waals surface area contributed by atoms with E-state index in [2.05, 4.69) is 46.6 Å². The number of hydrogen-bond acceptors (Lipinski definition) is 3. The average Bonchev–Trinajstić information content (AvgIpc) is 3.17. The molecule has 1 aliphatic rings. The molecule has 1 N–H and O–H groups in total. The summed E-state index contributed by atoms with van der Waals surface area (Å²) in [5.41, 5.74) is 4.88. The number of nitrogens with one attached hydrogen (secondary N) is 1. The number of amides is 1. The van der Waals surface area contributed by atoms with Crippen molar-refractivity contribution < 1.29 is 4.79 Å². The number of carbonyl (C=O) groups excluding carboxylic acids is 1. The number of benzene rings is 2. The fourth-order valence-corrected chi connectivity index (χ4v) is 3.69. The van der Waals surface area contributed by atoms with Crippen molar-refractivity contribution >= 4 is 28.6 Å². The van der Waals surface area contributed by atoms with Crippen LogP contribution in [0.4, 0.5) is 11.4 Å². The van der Waals surface area contributed by atoms with Gasteiger partial charge in [-0.15, -0.1) is 11.3 Å². The van der Waals surface area contributed by atoms with E-state index in [0.717, 1.165) is 30.1 Å². The molecule has 0 saturated heterocycles. The zero-order chi connectivity index (χ0) is 16.4. The second-order valence-corrected chi connectivity index (χ2v) is 6.87. The summed E-state index contributed by atoms with van der Waals surface area (Å²) in [5, 5.41) is 4.85. The number of anilines is 2. The summed E-state index contributed by atoms with van der Waals surface area (Å²) in [7, 11) is 0. The van der Waals surface area contributed by atoms with Crippen molar-refractivity contribution in [3.63, 3.8) is 0 Å². The summed E-state index contributed by atoms with van der Waals surface area (Å²) in [6.45, 7) is 1.97. The maximum atomic E-state index is 12.1. The van der Waals surface area contributed by atoms with Crippen molar-refractivity contribution in [3.05, 3.63) is 82.0 Å². The molecule has 2 heterocycles. The Bertz CT molecular complexity index is 840. The smallest absolute Gasteiger partial charge is 0.265 e. The molecule has 0 fully saturated rings. The summed E-state index contributed by atoms with van der Waals surface area (Å²) < 4.78 is 0. The van der Waals surface area contributed by atoms with Gasteiger partial charge in [0, 0.05) is 24.5 Å². The van der Waals surface area contributed by atoms with E-state index < -0.39 is 0 Å². The van der Waals surface area contributed by atoms with E-state index in [1.807, 2.05) is 29.6 Å². The molecule has 24 heavy (non-hydrogen) atoms. The molecule has 4 heteroatoms. The highest BCUT2D eigenvalue weighted by Crippen LogP contribution is 2.25. The number of thiophene rings is 1. The summed E-state index contributed by atoms with van der Waals surface area (Å²) in [5.74, 6) is -0.0513. The van der Waals surface area contributed by atoms with Gasteiger partial charge in [-0.25, -0.2) is 0 Å². The number of rotatable bonds is 3. The SMILES string of the molecule is O=C(Nc1ccc(N2CCc3ccccc3C2)cc1)c1cccs1. The minimum Gasteiger partial charge on any atom is -0.367 e. The minimum absolute atomic E-state index is 0.0513. The predicted molar refractivity (Wildman–Crippen MR) is 99.9 cm³/mol. The van der Waals surface area contributed by atoms with Gasteiger partial charge < -0.3 is 10.2 Å². The molecular weight excluding hydrogens is 316 g/mol. The first kappa shape index (κ1) is 15.0. The third-order valence-corrected chi connectivity index (χ3v) is 5.23. The van der Waals surface area contributed by atoms with Crippen LogP contribution >= 0.6 is 11.3 Å². The lowest BCUT2D eigenvalue weighted by Crippen LogP contribution is -2.30. The van der Waals surface area contributed by atoms with E-state index in [0.29, 0.717) is 0 Å². The molecule has 4 rings (SSSR count). The van der Waals surface area contributed by atoms with Crippen LogP contribution in [0, 0.1) is 0 Å². The van der Waals surface area contributed by atoms with Gasteiger partial charge >= 0.3 is 0 Å². The molecule has 3 nitrogen and oxygen atoms in total. The van der Waals surface area contributed by atoms with Crippen LogP contribution in [-0.4, -0.2) is 12.5 Å². The highest BCUT2D eigenvalue weighted by atomic mass is 32.1. The predicted octanol–water partition coefficient (Wildman–Crippen LogP) is 4.56. The molecule has 0 radical (unpaired) electrons. The number of carbonyl (C=O) groups is 1. The molecule has 0 unspecified atom stereocenters. The Kier molecular flexibility index (Phi) is 4.05. The Hall–Kier alpha value is -2.59. The van der Waals surface area contributed by atoms with Gasteiger partial charge in [0.05, 0.1) is 4.88 Å². The second-order valence-electron chi connectivity index (χ2n) is 5.92. The zero-order valence-corrected chi connectivity index (χ0v) is 14.1. The molecule has 0 aliphatic carbocycles. The monoisotopic (exact) mass is 334 g/mol. The lowest BCUT2D eigenvalue weighted by atomic mass is 9.99. The Labute approximate surface area is 145 Å². The molecule has 0 atom stereocenters. The van der Waals surface area contributed by atoms with Crippen LogP contribution in [-0.2, 0) is 13.0 Å². The fraction of sp³-hybridized carbons (Fsp3) is 0.150. The highest BCUT2D eigenvalue weighted by molar-refractivity contribution is 7.12. The van der Waals surface area contributed by atoms with Gasteiger partial charge in [0.25, 0.3) is 5.91 Å². The average molecular weight is 334 g/mol. The van der Waals surface area contributed by atoms with E-state index in [1.165, 1.54) is 28.2 Å². The Morgan fingerprint density at radius 3 is 2.50 bits per heavy atom. The lowest BCUT2D eigenvalue weighted by molar-refractivity contribution is 0.103. The Morgan fingerprint density at radius 1 is 0.958 bits per heavy atom. The van der Waals surface area contributed by atoms with E-state index in [4.69, 9.17) is 0 Å². The quantitative estimate of drug-likeness (QED) is 0.761. The summed E-state index contributed by atoms with van der Waals surface area (Å²) in [6.07, 6.45) is 1.08. The standard InChI is InChI=1S/C20H18N2OS/c23-20(19-6-3-13-24-19)21-17-7-9-18(10-8-17)22-12-11-15-4-1-2-5-16(15)14-22/h1-10,13H,11-12,14H2,(H,21,23). The molecule has 0 saturated carbocycles. The van der Waals surface area contributed by atoms with Crippen LogP contribution < -0.4 is 10.2 Å². The first-order chi connectivity index (χ1) is 11.8. The number of hydrogen-bond donors (Lipinski definition) is 1. The van der Waals surface area contributed by atoms with Crippen molar-refractivity contribution in [3.8, 4) is 0 Å². The number of fused-ring (bicyclic) bond motifs is 1. The van der Waals surface area contributed by atoms with Crippen LogP contribution in [0.25, 0.3) is 0 Å². The zero-order valence-electron chi connectivity index (χ0n) is 13.2. The molecule has 0 bridgehead atoms. The molecule has 0 spiro atoms. The van der Waals surface area contributed by atoms with Crippen LogP contribution in [0.2, 0.25) is 0 Å². The largest absolute Gasteiger partial charge is 0.367 e. The fourth-order valence-electron chi connectivity index (χ4n) is 3.07. The van der Waals surface area contributed by atoms with Gasteiger partial charge in [-0.3, -0.25) is 4.79 Å². The molecule has 1 aromatic heterocycles. The van der Waals surface area contributed by atoms with E-state index in [-0.39, 0.29) is 5.91 Å². The van der Waals surface area contributed by atoms with Gasteiger partial charge in [-0.05, 0) is 53.3 Å². The van der Waals surface area contributed by atoms with Gasteiger partial charge in [-0.2, -0.15) is 0 Å². The molecule has 120 valence electrons. The normalized spacial score (nSPS) is 13.4. The first-order valence-corrected chi connectivity index (χ1v) is 8.94. The van der Waals surface area contributed by atoms with Gasteiger partial charge in [0.15, 0.2) is 0 Å². The third kappa shape index (κ3) is 3.05. The summed E-state index contributed by atoms with van der Waals surface area (Å²) in [4.78, 5) is 15.2. The summed E-state index contributed by atoms with van der Waals surface area (Å²) in [6, 6.07) is 20.5. The van der Waals surface area contributed by atoms with E-state index in [9.17, 15) is 4.79 Å². The van der Waals surface area contributed by atoms with Crippen LogP contribution in [0.3, 0.4) is 0 Å². The van der Waals surface area contributed by atoms with Gasteiger partial charge in [0.1, 0.15) is 0 Å². The first-order valence-electron chi connectivity index (χ1n) is 8.06. The van der Waals surface area contributed by atoms with Crippen LogP contribution in [0.5, 0.6) is 0 Å². The molecule has 3 aromatic rings. The van der Waals surface area contributed by atoms with Crippen LogP contribution in [0.15, 0.2) is 66.0 Å². The van der Waals surface area contributed by atoms with E-state index in [1.54, 1.807) is 0 Å². The second kappa shape index (κ2) is 6.49. The maximum absolute atomic E-state index is 12.1. The molecule has 1 amide bonds. The van der Waals surface area contributed by atoms with Crippen molar-refractivity contribution in [1.82, 2.24) is 0 Å². The van der Waals surface area contributed by atoms with Crippen molar-refractivity contribution in [2.75, 3.05) is 16.8 Å². The molecule has 1 aliphatic heterocycles. The Morgan fingerprint density at radius 2 is 1.75 bits per heavy atom. The Balaban J connectivity index is 1.46. The van der Waals surface area contributed by atoms with E-state index >= 15 is 0 Å². The van der Waals surface area contributed by atoms with Crippen LogP contribution in [0.1, 0.15) is 20.8 Å². The van der Waals surface area contributed by atoms with Crippen molar-refractivity contribution in [2.24, 2.45) is 0 Å². The topological polar surface area (TPSA) is 32.3 Å². The molecule has 2 aromatic carbocycles. The van der Waals surface area contributed by atoms with Gasteiger partial charge in [-0.1, -0.05) is 30.3 Å².